The number of hydrogen-bond donors (Lipinski definition) is 1. The van der Waals surface area contributed by atoms with Crippen LogP contribution in [0.5, 0.6) is 5.75 Å². The van der Waals surface area contributed by atoms with Crippen molar-refractivity contribution in [2.75, 3.05) is 26.1 Å². The highest BCUT2D eigenvalue weighted by Gasteiger charge is 2.46. The van der Waals surface area contributed by atoms with Crippen molar-refractivity contribution in [1.29, 1.82) is 0 Å². The van der Waals surface area contributed by atoms with Crippen LogP contribution in [0.1, 0.15) is 22.7 Å². The predicted octanol–water partition coefficient (Wildman–Crippen LogP) is 3.92. The van der Waals surface area contributed by atoms with E-state index in [0.717, 1.165) is 17.3 Å². The summed E-state index contributed by atoms with van der Waals surface area (Å²) in [5.74, 6) is -2.72. The summed E-state index contributed by atoms with van der Waals surface area (Å²) in [7, 11) is 5.14. The van der Waals surface area contributed by atoms with Crippen LogP contribution in [-0.2, 0) is 16.1 Å². The Morgan fingerprint density at radius 1 is 1.15 bits per heavy atom. The second-order valence-electron chi connectivity index (χ2n) is 8.12. The molecule has 34 heavy (non-hydrogen) atoms. The van der Waals surface area contributed by atoms with Gasteiger partial charge in [0.15, 0.2) is 11.6 Å². The van der Waals surface area contributed by atoms with Gasteiger partial charge in [-0.1, -0.05) is 18.2 Å². The molecule has 1 amide bonds. The molecule has 0 bridgehead atoms. The molecule has 1 unspecified atom stereocenters. The van der Waals surface area contributed by atoms with Crippen molar-refractivity contribution in [3.63, 3.8) is 0 Å². The number of halogens is 1. The standard InChI is InChI=1S/C26H24FN3O4/c1-29(2)19-9-6-17(7-10-19)23-22(24(31)18-8-11-21(34-3)20(27)13-18)25(32)26(33)30(23)15-16-5-4-12-28-14-16/h4-14,23,31H,15H2,1-3H3/b24-22+. The maximum Gasteiger partial charge on any atom is 0.295 e. The lowest BCUT2D eigenvalue weighted by atomic mass is 9.95. The summed E-state index contributed by atoms with van der Waals surface area (Å²) in [6.45, 7) is 0.117. The molecule has 1 aromatic heterocycles. The van der Waals surface area contributed by atoms with Crippen LogP contribution in [0.25, 0.3) is 5.76 Å². The molecule has 8 heteroatoms. The molecule has 2 aromatic carbocycles. The fourth-order valence-electron chi connectivity index (χ4n) is 4.00. The number of nitrogens with zero attached hydrogens (tertiary/aromatic N) is 3. The summed E-state index contributed by atoms with van der Waals surface area (Å²) in [5.41, 5.74) is 2.29. The maximum absolute atomic E-state index is 14.3. The van der Waals surface area contributed by atoms with E-state index < -0.39 is 29.3 Å². The number of aliphatic hydroxyl groups excluding tert-OH is 1. The van der Waals surface area contributed by atoms with E-state index in [-0.39, 0.29) is 23.4 Å². The van der Waals surface area contributed by atoms with Crippen LogP contribution < -0.4 is 9.64 Å². The molecule has 4 rings (SSSR count). The van der Waals surface area contributed by atoms with Crippen molar-refractivity contribution in [3.05, 3.63) is 95.1 Å². The van der Waals surface area contributed by atoms with Gasteiger partial charge in [0.05, 0.1) is 18.7 Å². The average molecular weight is 461 g/mol. The lowest BCUT2D eigenvalue weighted by Gasteiger charge is -2.26. The number of amides is 1. The highest BCUT2D eigenvalue weighted by Crippen LogP contribution is 2.41. The van der Waals surface area contributed by atoms with Gasteiger partial charge in [-0.25, -0.2) is 4.39 Å². The van der Waals surface area contributed by atoms with Crippen molar-refractivity contribution < 1.29 is 23.8 Å². The molecule has 1 aliphatic heterocycles. The number of pyridine rings is 1. The number of benzene rings is 2. The third-order valence-corrected chi connectivity index (χ3v) is 5.77. The first-order valence-corrected chi connectivity index (χ1v) is 10.6. The van der Waals surface area contributed by atoms with E-state index in [2.05, 4.69) is 4.98 Å². The zero-order valence-electron chi connectivity index (χ0n) is 19.0. The smallest absolute Gasteiger partial charge is 0.295 e. The molecule has 1 atom stereocenters. The molecule has 1 N–H and O–H groups in total. The number of aromatic nitrogens is 1. The van der Waals surface area contributed by atoms with Gasteiger partial charge >= 0.3 is 0 Å². The maximum atomic E-state index is 14.3. The fraction of sp³-hybridized carbons (Fsp3) is 0.192. The van der Waals surface area contributed by atoms with E-state index in [1.165, 1.54) is 24.1 Å². The second kappa shape index (κ2) is 9.35. The minimum Gasteiger partial charge on any atom is -0.507 e. The lowest BCUT2D eigenvalue weighted by Crippen LogP contribution is -2.29. The number of carbonyl (C=O) groups is 2. The molecule has 174 valence electrons. The summed E-state index contributed by atoms with van der Waals surface area (Å²) in [6, 6.07) is 13.9. The predicted molar refractivity (Wildman–Crippen MR) is 126 cm³/mol. The Morgan fingerprint density at radius 3 is 2.47 bits per heavy atom. The molecular formula is C26H24FN3O4. The topological polar surface area (TPSA) is 83.0 Å². The molecule has 0 spiro atoms. The van der Waals surface area contributed by atoms with Crippen LogP contribution in [0.15, 0.2) is 72.6 Å². The fourth-order valence-corrected chi connectivity index (χ4v) is 4.00. The summed E-state index contributed by atoms with van der Waals surface area (Å²) < 4.78 is 19.3. The normalized spacial score (nSPS) is 17.2. The lowest BCUT2D eigenvalue weighted by molar-refractivity contribution is -0.140. The van der Waals surface area contributed by atoms with Crippen LogP contribution >= 0.6 is 0 Å². The molecule has 7 nitrogen and oxygen atoms in total. The van der Waals surface area contributed by atoms with Gasteiger partial charge in [-0.15, -0.1) is 0 Å². The number of ether oxygens (including phenoxy) is 1. The zero-order chi connectivity index (χ0) is 24.4. The third-order valence-electron chi connectivity index (χ3n) is 5.77. The third kappa shape index (κ3) is 4.22. The zero-order valence-corrected chi connectivity index (χ0v) is 19.0. The molecule has 0 saturated carbocycles. The van der Waals surface area contributed by atoms with Crippen LogP contribution in [0, 0.1) is 5.82 Å². The molecular weight excluding hydrogens is 437 g/mol. The van der Waals surface area contributed by atoms with Gasteiger partial charge in [0.25, 0.3) is 11.7 Å². The SMILES string of the molecule is COc1ccc(/C(O)=C2\C(=O)C(=O)N(Cc3cccnc3)C2c2ccc(N(C)C)cc2)cc1F. The van der Waals surface area contributed by atoms with Gasteiger partial charge < -0.3 is 19.6 Å². The van der Waals surface area contributed by atoms with Gasteiger partial charge in [0.2, 0.25) is 0 Å². The van der Waals surface area contributed by atoms with E-state index in [4.69, 9.17) is 4.74 Å². The van der Waals surface area contributed by atoms with E-state index >= 15 is 0 Å². The number of hydrogen-bond acceptors (Lipinski definition) is 6. The summed E-state index contributed by atoms with van der Waals surface area (Å²) in [6.07, 6.45) is 3.23. The van der Waals surface area contributed by atoms with Crippen molar-refractivity contribution in [3.8, 4) is 5.75 Å². The monoisotopic (exact) mass is 461 g/mol. The Balaban J connectivity index is 1.85. The van der Waals surface area contributed by atoms with E-state index in [9.17, 15) is 19.1 Å². The van der Waals surface area contributed by atoms with Crippen LogP contribution in [0.4, 0.5) is 10.1 Å². The molecule has 1 aliphatic rings. The van der Waals surface area contributed by atoms with Gasteiger partial charge in [0, 0.05) is 44.3 Å². The van der Waals surface area contributed by atoms with E-state index in [0.29, 0.717) is 5.56 Å². The van der Waals surface area contributed by atoms with Crippen LogP contribution in [-0.4, -0.2) is 47.9 Å². The Kier molecular flexibility index (Phi) is 6.32. The Morgan fingerprint density at radius 2 is 1.88 bits per heavy atom. The molecule has 1 saturated heterocycles. The summed E-state index contributed by atoms with van der Waals surface area (Å²) in [4.78, 5) is 33.6. The Labute approximate surface area is 196 Å². The quantitative estimate of drug-likeness (QED) is 0.340. The number of Topliss-reactive ketones (excluding diaryl/α,β-unsaturated/α-hetero) is 1. The highest BCUT2D eigenvalue weighted by atomic mass is 19.1. The van der Waals surface area contributed by atoms with E-state index in [1.807, 2.05) is 43.3 Å². The van der Waals surface area contributed by atoms with Crippen molar-refractivity contribution in [2.45, 2.75) is 12.6 Å². The minimum atomic E-state index is -0.860. The van der Waals surface area contributed by atoms with Gasteiger partial charge in [0.1, 0.15) is 5.76 Å². The molecule has 1 fully saturated rings. The van der Waals surface area contributed by atoms with Crippen molar-refractivity contribution >= 4 is 23.1 Å². The minimum absolute atomic E-state index is 0.00408. The van der Waals surface area contributed by atoms with Crippen LogP contribution in [0.3, 0.4) is 0 Å². The Bertz CT molecular complexity index is 1260. The summed E-state index contributed by atoms with van der Waals surface area (Å²) >= 11 is 0. The Hall–Kier alpha value is -4.20. The number of anilines is 1. The first kappa shape index (κ1) is 23.0. The summed E-state index contributed by atoms with van der Waals surface area (Å²) in [5, 5.41) is 11.1. The first-order chi connectivity index (χ1) is 16.3. The largest absolute Gasteiger partial charge is 0.507 e. The molecule has 3 aromatic rings. The number of likely N-dealkylation sites (tertiary alicyclic amines) is 1. The van der Waals surface area contributed by atoms with Crippen molar-refractivity contribution in [1.82, 2.24) is 9.88 Å². The number of aliphatic hydroxyl groups is 1. The average Bonchev–Trinajstić information content (AvgIpc) is 3.09. The molecule has 0 aliphatic carbocycles. The number of methoxy groups -OCH3 is 1. The number of carbonyl (C=O) groups excluding carboxylic acids is 2. The van der Waals surface area contributed by atoms with E-state index in [1.54, 1.807) is 24.5 Å². The highest BCUT2D eigenvalue weighted by molar-refractivity contribution is 6.46. The van der Waals surface area contributed by atoms with Gasteiger partial charge in [-0.05, 0) is 47.5 Å². The van der Waals surface area contributed by atoms with Gasteiger partial charge in [-0.2, -0.15) is 0 Å². The van der Waals surface area contributed by atoms with Crippen LogP contribution in [0.2, 0.25) is 0 Å². The number of ketones is 1. The second-order valence-corrected chi connectivity index (χ2v) is 8.12. The van der Waals surface area contributed by atoms with Crippen molar-refractivity contribution in [2.24, 2.45) is 0 Å². The first-order valence-electron chi connectivity index (χ1n) is 10.6. The molecule has 2 heterocycles. The molecule has 0 radical (unpaired) electrons. The number of rotatable bonds is 6. The van der Waals surface area contributed by atoms with Gasteiger partial charge in [-0.3, -0.25) is 14.6 Å².